The van der Waals surface area contributed by atoms with Crippen molar-refractivity contribution in [2.24, 2.45) is 0 Å². The molecule has 2 heterocycles. The van der Waals surface area contributed by atoms with Gasteiger partial charge in [-0.1, -0.05) is 30.3 Å². The molecule has 0 saturated carbocycles. The van der Waals surface area contributed by atoms with Gasteiger partial charge in [0.05, 0.1) is 31.0 Å². The van der Waals surface area contributed by atoms with Crippen LogP contribution in [0.5, 0.6) is 5.75 Å². The number of hydrogen-bond donors (Lipinski definition) is 1. The van der Waals surface area contributed by atoms with Crippen molar-refractivity contribution >= 4 is 22.8 Å². The van der Waals surface area contributed by atoms with Crippen molar-refractivity contribution in [3.63, 3.8) is 0 Å². The lowest BCUT2D eigenvalue weighted by Crippen LogP contribution is -2.44. The summed E-state index contributed by atoms with van der Waals surface area (Å²) < 4.78 is 7.48. The van der Waals surface area contributed by atoms with Gasteiger partial charge in [-0.15, -0.1) is 0 Å². The minimum absolute atomic E-state index is 0.00550. The van der Waals surface area contributed by atoms with Crippen molar-refractivity contribution in [1.29, 1.82) is 0 Å². The summed E-state index contributed by atoms with van der Waals surface area (Å²) in [5.74, 6) is 0.640. The average molecular weight is 406 g/mol. The third kappa shape index (κ3) is 4.15. The van der Waals surface area contributed by atoms with Crippen LogP contribution in [0.25, 0.3) is 11.0 Å². The van der Waals surface area contributed by atoms with E-state index in [1.54, 1.807) is 12.0 Å². The number of carbonyl (C=O) groups is 2. The molecule has 0 aliphatic carbocycles. The maximum atomic E-state index is 12.8. The van der Waals surface area contributed by atoms with Crippen LogP contribution in [-0.2, 0) is 22.7 Å². The minimum atomic E-state index is -0.434. The summed E-state index contributed by atoms with van der Waals surface area (Å²) in [6, 6.07) is 15.2. The van der Waals surface area contributed by atoms with Crippen LogP contribution in [0.2, 0.25) is 0 Å². The SMILES string of the molecule is COc1ccccc1CN1C(=O)CCC1C(=O)NCCCn1cnc2ccccc21. The summed E-state index contributed by atoms with van der Waals surface area (Å²) in [5, 5.41) is 3.00. The zero-order valence-electron chi connectivity index (χ0n) is 17.1. The van der Waals surface area contributed by atoms with Crippen LogP contribution < -0.4 is 10.1 Å². The van der Waals surface area contributed by atoms with Gasteiger partial charge in [0.2, 0.25) is 11.8 Å². The number of methoxy groups -OCH3 is 1. The fourth-order valence-corrected chi connectivity index (χ4v) is 3.99. The highest BCUT2D eigenvalue weighted by Crippen LogP contribution is 2.26. The summed E-state index contributed by atoms with van der Waals surface area (Å²) in [4.78, 5) is 31.2. The van der Waals surface area contributed by atoms with Crippen LogP contribution >= 0.6 is 0 Å². The van der Waals surface area contributed by atoms with Gasteiger partial charge in [-0.2, -0.15) is 0 Å². The van der Waals surface area contributed by atoms with Crippen LogP contribution in [0.15, 0.2) is 54.9 Å². The second-order valence-electron chi connectivity index (χ2n) is 7.46. The minimum Gasteiger partial charge on any atom is -0.496 e. The highest BCUT2D eigenvalue weighted by molar-refractivity contribution is 5.90. The Kier molecular flexibility index (Phi) is 5.97. The second-order valence-corrected chi connectivity index (χ2v) is 7.46. The number of rotatable bonds is 8. The van der Waals surface area contributed by atoms with Gasteiger partial charge in [-0.3, -0.25) is 9.59 Å². The van der Waals surface area contributed by atoms with E-state index in [0.717, 1.165) is 35.3 Å². The molecule has 1 aromatic heterocycles. The maximum absolute atomic E-state index is 12.8. The van der Waals surface area contributed by atoms with E-state index in [0.29, 0.717) is 25.9 Å². The van der Waals surface area contributed by atoms with Gasteiger partial charge in [0.25, 0.3) is 0 Å². The van der Waals surface area contributed by atoms with Crippen molar-refractivity contribution < 1.29 is 14.3 Å². The highest BCUT2D eigenvalue weighted by atomic mass is 16.5. The predicted octanol–water partition coefficient (Wildman–Crippen LogP) is 2.74. The van der Waals surface area contributed by atoms with Crippen LogP contribution in [0.4, 0.5) is 0 Å². The largest absolute Gasteiger partial charge is 0.496 e. The molecule has 1 fully saturated rings. The van der Waals surface area contributed by atoms with E-state index in [-0.39, 0.29) is 11.8 Å². The number of ether oxygens (including phenoxy) is 1. The zero-order chi connectivity index (χ0) is 20.9. The van der Waals surface area contributed by atoms with Gasteiger partial charge in [-0.05, 0) is 31.0 Å². The molecule has 156 valence electrons. The number of hydrogen-bond acceptors (Lipinski definition) is 4. The van der Waals surface area contributed by atoms with Crippen LogP contribution in [0.1, 0.15) is 24.8 Å². The molecule has 1 aliphatic heterocycles. The summed E-state index contributed by atoms with van der Waals surface area (Å²) in [6.07, 6.45) is 3.57. The third-order valence-corrected chi connectivity index (χ3v) is 5.57. The molecule has 2 amide bonds. The lowest BCUT2D eigenvalue weighted by Gasteiger charge is -2.25. The summed E-state index contributed by atoms with van der Waals surface area (Å²) in [5.41, 5.74) is 2.96. The number of likely N-dealkylation sites (tertiary alicyclic amines) is 1. The molecule has 7 nitrogen and oxygen atoms in total. The Morgan fingerprint density at radius 2 is 2.00 bits per heavy atom. The Balaban J connectivity index is 1.32. The van der Waals surface area contributed by atoms with Crippen molar-refractivity contribution in [2.75, 3.05) is 13.7 Å². The number of fused-ring (bicyclic) bond motifs is 1. The number of imidazole rings is 1. The fourth-order valence-electron chi connectivity index (χ4n) is 3.99. The number of aromatic nitrogens is 2. The first kappa shape index (κ1) is 19.9. The van der Waals surface area contributed by atoms with Crippen molar-refractivity contribution in [2.45, 2.75) is 38.4 Å². The number of benzene rings is 2. The second kappa shape index (κ2) is 8.98. The molecule has 0 spiro atoms. The van der Waals surface area contributed by atoms with Gasteiger partial charge in [0, 0.05) is 25.1 Å². The fraction of sp³-hybridized carbons (Fsp3) is 0.348. The van der Waals surface area contributed by atoms with E-state index in [4.69, 9.17) is 4.74 Å². The molecule has 1 saturated heterocycles. The molecular weight excluding hydrogens is 380 g/mol. The topological polar surface area (TPSA) is 76.5 Å². The van der Waals surface area contributed by atoms with Crippen LogP contribution in [0.3, 0.4) is 0 Å². The van der Waals surface area contributed by atoms with E-state index in [9.17, 15) is 9.59 Å². The Morgan fingerprint density at radius 1 is 1.20 bits per heavy atom. The van der Waals surface area contributed by atoms with E-state index < -0.39 is 6.04 Å². The molecule has 1 aliphatic rings. The van der Waals surface area contributed by atoms with Gasteiger partial charge in [0.15, 0.2) is 0 Å². The molecule has 7 heteroatoms. The van der Waals surface area contributed by atoms with Crippen molar-refractivity contribution in [1.82, 2.24) is 19.8 Å². The maximum Gasteiger partial charge on any atom is 0.242 e. The first-order valence-corrected chi connectivity index (χ1v) is 10.3. The molecule has 0 bridgehead atoms. The lowest BCUT2D eigenvalue weighted by atomic mass is 10.1. The Bertz CT molecular complexity index is 1050. The standard InChI is InChI=1S/C23H26N4O3/c1-30-21-10-5-2-7-17(21)15-27-20(11-12-22(27)28)23(29)24-13-6-14-26-16-25-18-8-3-4-9-19(18)26/h2-5,7-10,16,20H,6,11-15H2,1H3,(H,24,29). The Morgan fingerprint density at radius 3 is 2.87 bits per heavy atom. The molecule has 2 aromatic carbocycles. The third-order valence-electron chi connectivity index (χ3n) is 5.57. The van der Waals surface area contributed by atoms with E-state index in [1.165, 1.54) is 0 Å². The number of nitrogens with one attached hydrogen (secondary N) is 1. The Labute approximate surface area is 175 Å². The summed E-state index contributed by atoms with van der Waals surface area (Å²) in [7, 11) is 1.61. The molecule has 1 N–H and O–H groups in total. The van der Waals surface area contributed by atoms with E-state index in [1.807, 2.05) is 54.9 Å². The summed E-state index contributed by atoms with van der Waals surface area (Å²) in [6.45, 7) is 1.70. The molecule has 3 aromatic rings. The first-order chi connectivity index (χ1) is 14.7. The summed E-state index contributed by atoms with van der Waals surface area (Å²) >= 11 is 0. The molecule has 30 heavy (non-hydrogen) atoms. The van der Waals surface area contributed by atoms with Gasteiger partial charge < -0.3 is 19.5 Å². The molecule has 1 atom stereocenters. The van der Waals surface area contributed by atoms with E-state index in [2.05, 4.69) is 14.9 Å². The van der Waals surface area contributed by atoms with Crippen LogP contribution in [-0.4, -0.2) is 46.0 Å². The lowest BCUT2D eigenvalue weighted by molar-refractivity contribution is -0.135. The molecule has 4 rings (SSSR count). The van der Waals surface area contributed by atoms with Crippen LogP contribution in [0, 0.1) is 0 Å². The number of amides is 2. The number of aryl methyl sites for hydroxylation is 1. The Hall–Kier alpha value is -3.35. The van der Waals surface area contributed by atoms with Gasteiger partial charge in [-0.25, -0.2) is 4.98 Å². The van der Waals surface area contributed by atoms with Gasteiger partial charge in [0.1, 0.15) is 11.8 Å². The number of nitrogens with zero attached hydrogens (tertiary/aromatic N) is 3. The number of para-hydroxylation sites is 3. The normalized spacial score (nSPS) is 16.2. The van der Waals surface area contributed by atoms with E-state index >= 15 is 0 Å². The average Bonchev–Trinajstić information content (AvgIpc) is 3.35. The highest BCUT2D eigenvalue weighted by Gasteiger charge is 2.36. The molecule has 1 unspecified atom stereocenters. The monoisotopic (exact) mass is 406 g/mol. The zero-order valence-corrected chi connectivity index (χ0v) is 17.1. The smallest absolute Gasteiger partial charge is 0.242 e. The van der Waals surface area contributed by atoms with Crippen molar-refractivity contribution in [3.05, 3.63) is 60.4 Å². The number of carbonyl (C=O) groups excluding carboxylic acids is 2. The quantitative estimate of drug-likeness (QED) is 0.584. The molecule has 0 radical (unpaired) electrons. The van der Waals surface area contributed by atoms with Crippen molar-refractivity contribution in [3.8, 4) is 5.75 Å². The first-order valence-electron chi connectivity index (χ1n) is 10.3. The van der Waals surface area contributed by atoms with Gasteiger partial charge >= 0.3 is 0 Å². The predicted molar refractivity (Wildman–Crippen MR) is 114 cm³/mol. The molecular formula is C23H26N4O3.